The SMILES string of the molecule is COCc1nc(N2CCn3c(cc4cc(Cl)ccc43)C2)cc(=O)[nH]1. The molecule has 0 saturated carbocycles. The fourth-order valence-electron chi connectivity index (χ4n) is 3.25. The Balaban J connectivity index is 1.69. The number of hydrogen-bond acceptors (Lipinski definition) is 4. The van der Waals surface area contributed by atoms with Gasteiger partial charge in [-0.15, -0.1) is 0 Å². The molecule has 7 heteroatoms. The highest BCUT2D eigenvalue weighted by Gasteiger charge is 2.20. The van der Waals surface area contributed by atoms with Gasteiger partial charge >= 0.3 is 0 Å². The van der Waals surface area contributed by atoms with Gasteiger partial charge in [-0.05, 0) is 24.3 Å². The Morgan fingerprint density at radius 3 is 3.00 bits per heavy atom. The van der Waals surface area contributed by atoms with E-state index in [1.165, 1.54) is 17.3 Å². The Labute approximate surface area is 143 Å². The fourth-order valence-corrected chi connectivity index (χ4v) is 3.43. The summed E-state index contributed by atoms with van der Waals surface area (Å²) in [6.45, 7) is 2.63. The Hall–Kier alpha value is -2.31. The van der Waals surface area contributed by atoms with Crippen LogP contribution in [0.3, 0.4) is 0 Å². The first kappa shape index (κ1) is 15.2. The van der Waals surface area contributed by atoms with Crippen molar-refractivity contribution < 1.29 is 4.74 Å². The Bertz CT molecular complexity index is 963. The topological polar surface area (TPSA) is 63.1 Å². The molecule has 0 bridgehead atoms. The average molecular weight is 345 g/mol. The zero-order valence-electron chi connectivity index (χ0n) is 13.3. The normalized spacial score (nSPS) is 14.2. The minimum absolute atomic E-state index is 0.162. The number of halogens is 1. The van der Waals surface area contributed by atoms with E-state index < -0.39 is 0 Å². The second-order valence-electron chi connectivity index (χ2n) is 5.90. The second-order valence-corrected chi connectivity index (χ2v) is 6.33. The van der Waals surface area contributed by atoms with Crippen LogP contribution in [0.5, 0.6) is 0 Å². The maximum absolute atomic E-state index is 11.9. The summed E-state index contributed by atoms with van der Waals surface area (Å²) in [6, 6.07) is 9.64. The van der Waals surface area contributed by atoms with E-state index in [4.69, 9.17) is 16.3 Å². The maximum Gasteiger partial charge on any atom is 0.253 e. The van der Waals surface area contributed by atoms with Crippen molar-refractivity contribution in [1.29, 1.82) is 0 Å². The molecule has 0 atom stereocenters. The molecule has 3 heterocycles. The van der Waals surface area contributed by atoms with Gasteiger partial charge in [0.25, 0.3) is 5.56 Å². The first-order chi connectivity index (χ1) is 11.6. The molecule has 1 aromatic carbocycles. The molecule has 1 aliphatic rings. The van der Waals surface area contributed by atoms with Gasteiger partial charge in [-0.1, -0.05) is 11.6 Å². The number of fused-ring (bicyclic) bond motifs is 3. The number of anilines is 1. The molecule has 0 radical (unpaired) electrons. The van der Waals surface area contributed by atoms with E-state index in [0.717, 1.165) is 23.5 Å². The van der Waals surface area contributed by atoms with Gasteiger partial charge in [0.1, 0.15) is 18.2 Å². The van der Waals surface area contributed by atoms with Gasteiger partial charge in [0.2, 0.25) is 0 Å². The number of H-pyrrole nitrogens is 1. The first-order valence-electron chi connectivity index (χ1n) is 7.76. The molecule has 0 aliphatic carbocycles. The van der Waals surface area contributed by atoms with Crippen LogP contribution in [0, 0.1) is 0 Å². The molecule has 0 spiro atoms. The number of aromatic nitrogens is 3. The summed E-state index contributed by atoms with van der Waals surface area (Å²) in [5.41, 5.74) is 2.21. The maximum atomic E-state index is 11.9. The molecule has 0 fully saturated rings. The van der Waals surface area contributed by atoms with E-state index in [2.05, 4.69) is 31.6 Å². The molecule has 6 nitrogen and oxygen atoms in total. The Morgan fingerprint density at radius 1 is 1.29 bits per heavy atom. The number of methoxy groups -OCH3 is 1. The zero-order chi connectivity index (χ0) is 16.7. The van der Waals surface area contributed by atoms with Gasteiger partial charge in [-0.3, -0.25) is 4.79 Å². The smallest absolute Gasteiger partial charge is 0.253 e. The quantitative estimate of drug-likeness (QED) is 0.793. The van der Waals surface area contributed by atoms with Crippen LogP contribution in [0.2, 0.25) is 5.02 Å². The summed E-state index contributed by atoms with van der Waals surface area (Å²) in [6.07, 6.45) is 0. The monoisotopic (exact) mass is 344 g/mol. The van der Waals surface area contributed by atoms with Gasteiger partial charge in [0.05, 0.1) is 6.54 Å². The molecule has 1 N–H and O–H groups in total. The Kier molecular flexibility index (Phi) is 3.78. The molecule has 24 heavy (non-hydrogen) atoms. The molecule has 0 saturated heterocycles. The summed E-state index contributed by atoms with van der Waals surface area (Å²) in [4.78, 5) is 21.2. The highest BCUT2D eigenvalue weighted by atomic mass is 35.5. The van der Waals surface area contributed by atoms with Crippen LogP contribution < -0.4 is 10.5 Å². The van der Waals surface area contributed by atoms with Crippen LogP contribution in [-0.4, -0.2) is 28.2 Å². The average Bonchev–Trinajstić information content (AvgIpc) is 2.91. The number of nitrogens with one attached hydrogen (secondary N) is 1. The summed E-state index contributed by atoms with van der Waals surface area (Å²) < 4.78 is 7.36. The van der Waals surface area contributed by atoms with E-state index in [1.54, 1.807) is 7.11 Å². The van der Waals surface area contributed by atoms with Crippen molar-refractivity contribution >= 4 is 28.3 Å². The minimum Gasteiger partial charge on any atom is -0.377 e. The largest absolute Gasteiger partial charge is 0.377 e. The van der Waals surface area contributed by atoms with Gasteiger partial charge < -0.3 is 19.2 Å². The minimum atomic E-state index is -0.162. The van der Waals surface area contributed by atoms with Crippen molar-refractivity contribution in [2.24, 2.45) is 0 Å². The fraction of sp³-hybridized carbons (Fsp3) is 0.294. The molecule has 4 rings (SSSR count). The molecule has 1 aliphatic heterocycles. The number of benzene rings is 1. The predicted octanol–water partition coefficient (Wildman–Crippen LogP) is 2.54. The third-order valence-electron chi connectivity index (χ3n) is 4.28. The molecule has 0 unspecified atom stereocenters. The van der Waals surface area contributed by atoms with Gasteiger partial charge in [0.15, 0.2) is 0 Å². The lowest BCUT2D eigenvalue weighted by Crippen LogP contribution is -2.34. The van der Waals surface area contributed by atoms with Gasteiger partial charge in [0, 0.05) is 47.9 Å². The van der Waals surface area contributed by atoms with Crippen molar-refractivity contribution in [3.05, 3.63) is 57.2 Å². The number of aromatic amines is 1. The number of rotatable bonds is 3. The lowest BCUT2D eigenvalue weighted by molar-refractivity contribution is 0.177. The predicted molar refractivity (Wildman–Crippen MR) is 93.6 cm³/mol. The van der Waals surface area contributed by atoms with Crippen molar-refractivity contribution in [3.8, 4) is 0 Å². The van der Waals surface area contributed by atoms with E-state index in [9.17, 15) is 4.79 Å². The van der Waals surface area contributed by atoms with Crippen molar-refractivity contribution in [3.63, 3.8) is 0 Å². The second kappa shape index (κ2) is 5.96. The lowest BCUT2D eigenvalue weighted by atomic mass is 10.2. The standard InChI is InChI=1S/C17H17ClN4O2/c1-24-10-15-19-16(8-17(23)20-15)21-4-5-22-13(9-21)7-11-6-12(18)2-3-14(11)22/h2-3,6-8H,4-5,9-10H2,1H3,(H,19,20,23). The summed E-state index contributed by atoms with van der Waals surface area (Å²) in [5, 5.41) is 1.88. The van der Waals surface area contributed by atoms with E-state index in [0.29, 0.717) is 18.2 Å². The van der Waals surface area contributed by atoms with E-state index >= 15 is 0 Å². The van der Waals surface area contributed by atoms with E-state index in [-0.39, 0.29) is 12.2 Å². The molecule has 3 aromatic rings. The Morgan fingerprint density at radius 2 is 2.17 bits per heavy atom. The zero-order valence-corrected chi connectivity index (χ0v) is 14.0. The molecular formula is C17H17ClN4O2. The lowest BCUT2D eigenvalue weighted by Gasteiger charge is -2.30. The highest BCUT2D eigenvalue weighted by molar-refractivity contribution is 6.31. The first-order valence-corrected chi connectivity index (χ1v) is 8.13. The van der Waals surface area contributed by atoms with Crippen LogP contribution >= 0.6 is 11.6 Å². The molecule has 0 amide bonds. The van der Waals surface area contributed by atoms with Crippen LogP contribution in [0.25, 0.3) is 10.9 Å². The van der Waals surface area contributed by atoms with Crippen LogP contribution in [0.1, 0.15) is 11.5 Å². The molecular weight excluding hydrogens is 328 g/mol. The third kappa shape index (κ3) is 2.68. The molecule has 2 aromatic heterocycles. The number of hydrogen-bond donors (Lipinski definition) is 1. The van der Waals surface area contributed by atoms with Gasteiger partial charge in [-0.25, -0.2) is 4.98 Å². The number of nitrogens with zero attached hydrogens (tertiary/aromatic N) is 3. The van der Waals surface area contributed by atoms with Crippen molar-refractivity contribution in [2.45, 2.75) is 19.7 Å². The van der Waals surface area contributed by atoms with Crippen LogP contribution in [0.4, 0.5) is 5.82 Å². The van der Waals surface area contributed by atoms with E-state index in [1.807, 2.05) is 12.1 Å². The van der Waals surface area contributed by atoms with Gasteiger partial charge in [-0.2, -0.15) is 0 Å². The summed E-state index contributed by atoms with van der Waals surface area (Å²) in [5.74, 6) is 1.22. The highest BCUT2D eigenvalue weighted by Crippen LogP contribution is 2.27. The summed E-state index contributed by atoms with van der Waals surface area (Å²) >= 11 is 6.09. The van der Waals surface area contributed by atoms with Crippen LogP contribution in [0.15, 0.2) is 35.1 Å². The van der Waals surface area contributed by atoms with Crippen molar-refractivity contribution in [1.82, 2.24) is 14.5 Å². The number of ether oxygens (including phenoxy) is 1. The van der Waals surface area contributed by atoms with Crippen LogP contribution in [-0.2, 0) is 24.4 Å². The van der Waals surface area contributed by atoms with Crippen molar-refractivity contribution in [2.75, 3.05) is 18.6 Å². The molecule has 124 valence electrons. The summed E-state index contributed by atoms with van der Waals surface area (Å²) in [7, 11) is 1.58. The third-order valence-corrected chi connectivity index (χ3v) is 4.51.